The molecule has 4 nitrogen and oxygen atoms in total. The molecule has 0 radical (unpaired) electrons. The first-order valence-electron chi connectivity index (χ1n) is 5.42. The number of aromatic nitrogens is 3. The fraction of sp³-hybridized carbons (Fsp3) is 0.167. The quantitative estimate of drug-likeness (QED) is 0.747. The van der Waals surface area contributed by atoms with Crippen LogP contribution in [0.2, 0.25) is 0 Å². The van der Waals surface area contributed by atoms with Gasteiger partial charge in [-0.25, -0.2) is 4.98 Å². The van der Waals surface area contributed by atoms with Gasteiger partial charge in [-0.3, -0.25) is 0 Å². The molecule has 1 aromatic carbocycles. The summed E-state index contributed by atoms with van der Waals surface area (Å²) in [6.45, 7) is 1.96. The Balaban J connectivity index is 2.34. The molecule has 0 spiro atoms. The molecule has 0 aliphatic carbocycles. The molecule has 3 aromatic rings. The number of imidazole rings is 1. The van der Waals surface area contributed by atoms with E-state index in [1.165, 1.54) is 11.5 Å². The molecule has 6 heteroatoms. The van der Waals surface area contributed by atoms with Crippen molar-refractivity contribution in [1.29, 1.82) is 0 Å². The zero-order valence-electron chi connectivity index (χ0n) is 9.94. The summed E-state index contributed by atoms with van der Waals surface area (Å²) in [6.07, 6.45) is 0. The highest BCUT2D eigenvalue weighted by atomic mass is 79.9. The molecule has 2 heterocycles. The fourth-order valence-electron chi connectivity index (χ4n) is 2.06. The fourth-order valence-corrected chi connectivity index (χ4v) is 3.06. The molecule has 0 aliphatic heterocycles. The number of hydrogen-bond acceptors (Lipinski definition) is 4. The van der Waals surface area contributed by atoms with E-state index in [2.05, 4.69) is 29.9 Å². The number of fused-ring (bicyclic) bond motifs is 1. The van der Waals surface area contributed by atoms with Crippen LogP contribution in [0, 0.1) is 6.92 Å². The first-order valence-corrected chi connectivity index (χ1v) is 6.98. The van der Waals surface area contributed by atoms with Crippen molar-refractivity contribution in [2.45, 2.75) is 6.92 Å². The van der Waals surface area contributed by atoms with Crippen LogP contribution in [-0.4, -0.2) is 13.9 Å². The van der Waals surface area contributed by atoms with Crippen LogP contribution in [0.3, 0.4) is 0 Å². The molecule has 0 saturated heterocycles. The molecule has 0 bridgehead atoms. The molecule has 0 aliphatic rings. The van der Waals surface area contributed by atoms with Gasteiger partial charge in [0, 0.05) is 11.5 Å². The summed E-state index contributed by atoms with van der Waals surface area (Å²) in [6, 6.07) is 6.06. The Morgan fingerprint density at radius 2 is 2.17 bits per heavy atom. The number of benzene rings is 1. The number of nitrogens with zero attached hydrogens (tertiary/aromatic N) is 3. The Labute approximate surface area is 117 Å². The van der Waals surface area contributed by atoms with E-state index in [1.54, 1.807) is 0 Å². The molecular formula is C12H11BrN4S. The Kier molecular flexibility index (Phi) is 2.64. The zero-order valence-corrected chi connectivity index (χ0v) is 12.3. The largest absolute Gasteiger partial charge is 0.389 e. The van der Waals surface area contributed by atoms with Gasteiger partial charge in [-0.15, -0.1) is 0 Å². The lowest BCUT2D eigenvalue weighted by Crippen LogP contribution is -1.95. The Hall–Kier alpha value is -1.40. The van der Waals surface area contributed by atoms with E-state index in [0.717, 1.165) is 32.6 Å². The summed E-state index contributed by atoms with van der Waals surface area (Å²) in [5.41, 5.74) is 9.89. The van der Waals surface area contributed by atoms with E-state index in [-0.39, 0.29) is 0 Å². The first kappa shape index (κ1) is 11.7. The number of halogens is 1. The molecule has 0 atom stereocenters. The van der Waals surface area contributed by atoms with E-state index in [9.17, 15) is 0 Å². The Morgan fingerprint density at radius 1 is 1.39 bits per heavy atom. The van der Waals surface area contributed by atoms with E-state index in [1.807, 2.05) is 32.2 Å². The number of aryl methyl sites for hydroxylation is 2. The average Bonchev–Trinajstić information content (AvgIpc) is 2.80. The molecule has 18 heavy (non-hydrogen) atoms. The van der Waals surface area contributed by atoms with Crippen LogP contribution in [0.25, 0.3) is 22.4 Å². The van der Waals surface area contributed by atoms with Crippen LogP contribution >= 0.6 is 27.5 Å². The van der Waals surface area contributed by atoms with Crippen molar-refractivity contribution in [2.75, 3.05) is 5.73 Å². The van der Waals surface area contributed by atoms with Gasteiger partial charge in [0.25, 0.3) is 0 Å². The molecule has 2 aromatic heterocycles. The van der Waals surface area contributed by atoms with E-state index >= 15 is 0 Å². The van der Waals surface area contributed by atoms with E-state index in [4.69, 9.17) is 5.73 Å². The van der Waals surface area contributed by atoms with Gasteiger partial charge in [0.15, 0.2) is 0 Å². The third kappa shape index (κ3) is 1.64. The van der Waals surface area contributed by atoms with Crippen molar-refractivity contribution in [2.24, 2.45) is 7.05 Å². The highest BCUT2D eigenvalue weighted by Gasteiger charge is 2.17. The van der Waals surface area contributed by atoms with Gasteiger partial charge in [0.05, 0.1) is 22.3 Å². The maximum Gasteiger partial charge on any atom is 0.145 e. The molecule has 0 saturated carbocycles. The number of nitrogens with two attached hydrogens (primary N) is 1. The van der Waals surface area contributed by atoms with E-state index in [0.29, 0.717) is 5.00 Å². The summed E-state index contributed by atoms with van der Waals surface area (Å²) in [7, 11) is 2.00. The van der Waals surface area contributed by atoms with Crippen LogP contribution < -0.4 is 5.73 Å². The molecule has 0 unspecified atom stereocenters. The lowest BCUT2D eigenvalue weighted by atomic mass is 10.2. The normalized spacial score (nSPS) is 11.3. The van der Waals surface area contributed by atoms with Crippen molar-refractivity contribution in [3.05, 3.63) is 28.4 Å². The van der Waals surface area contributed by atoms with Gasteiger partial charge >= 0.3 is 0 Å². The highest BCUT2D eigenvalue weighted by Crippen LogP contribution is 2.33. The molecular weight excluding hydrogens is 312 g/mol. The monoisotopic (exact) mass is 322 g/mol. The lowest BCUT2D eigenvalue weighted by Gasteiger charge is -2.02. The average molecular weight is 323 g/mol. The van der Waals surface area contributed by atoms with Gasteiger partial charge in [0.2, 0.25) is 0 Å². The summed E-state index contributed by atoms with van der Waals surface area (Å²) in [5.74, 6) is 0.867. The number of hydrogen-bond donors (Lipinski definition) is 1. The minimum atomic E-state index is 0.713. The summed E-state index contributed by atoms with van der Waals surface area (Å²) in [5, 5.41) is 0.713. The second kappa shape index (κ2) is 4.07. The minimum absolute atomic E-state index is 0.713. The number of anilines is 1. The predicted molar refractivity (Wildman–Crippen MR) is 78.7 cm³/mol. The molecule has 0 amide bonds. The predicted octanol–water partition coefficient (Wildman–Crippen LogP) is 3.35. The van der Waals surface area contributed by atoms with Crippen LogP contribution in [0.5, 0.6) is 0 Å². The Morgan fingerprint density at radius 3 is 2.83 bits per heavy atom. The topological polar surface area (TPSA) is 56.7 Å². The SMILES string of the molecule is Cc1nsc(N)c1-c1nc2cc(Br)ccc2n1C. The summed E-state index contributed by atoms with van der Waals surface area (Å²) < 4.78 is 7.35. The van der Waals surface area contributed by atoms with Gasteiger partial charge < -0.3 is 10.3 Å². The summed E-state index contributed by atoms with van der Waals surface area (Å²) >= 11 is 4.77. The van der Waals surface area contributed by atoms with Crippen molar-refractivity contribution in [3.8, 4) is 11.4 Å². The van der Waals surface area contributed by atoms with Crippen molar-refractivity contribution in [1.82, 2.24) is 13.9 Å². The van der Waals surface area contributed by atoms with Crippen LogP contribution in [-0.2, 0) is 7.05 Å². The van der Waals surface area contributed by atoms with E-state index < -0.39 is 0 Å². The second-order valence-corrected chi connectivity index (χ2v) is 5.86. The molecule has 92 valence electrons. The smallest absolute Gasteiger partial charge is 0.145 e. The maximum absolute atomic E-state index is 5.99. The third-order valence-electron chi connectivity index (χ3n) is 2.96. The Bertz CT molecular complexity index is 724. The van der Waals surface area contributed by atoms with Crippen LogP contribution in [0.4, 0.5) is 5.00 Å². The molecule has 2 N–H and O–H groups in total. The minimum Gasteiger partial charge on any atom is -0.389 e. The maximum atomic E-state index is 5.99. The van der Waals surface area contributed by atoms with Gasteiger partial charge in [-0.05, 0) is 36.7 Å². The standard InChI is InChI=1S/C12H11BrN4S/c1-6-10(11(14)18-16-6)12-15-8-5-7(13)3-4-9(8)17(12)2/h3-5H,14H2,1-2H3. The third-order valence-corrected chi connectivity index (χ3v) is 4.21. The van der Waals surface area contributed by atoms with Crippen molar-refractivity contribution in [3.63, 3.8) is 0 Å². The first-order chi connectivity index (χ1) is 8.58. The number of nitrogen functional groups attached to an aromatic ring is 1. The van der Waals surface area contributed by atoms with Gasteiger partial charge in [-0.2, -0.15) is 4.37 Å². The lowest BCUT2D eigenvalue weighted by molar-refractivity contribution is 0.957. The number of rotatable bonds is 1. The zero-order chi connectivity index (χ0) is 12.9. The van der Waals surface area contributed by atoms with Gasteiger partial charge in [-0.1, -0.05) is 15.9 Å². The summed E-state index contributed by atoms with van der Waals surface area (Å²) in [4.78, 5) is 4.66. The van der Waals surface area contributed by atoms with Crippen LogP contribution in [0.1, 0.15) is 5.69 Å². The molecule has 3 rings (SSSR count). The highest BCUT2D eigenvalue weighted by molar-refractivity contribution is 9.10. The second-order valence-electron chi connectivity index (χ2n) is 4.13. The van der Waals surface area contributed by atoms with Crippen molar-refractivity contribution < 1.29 is 0 Å². The van der Waals surface area contributed by atoms with Crippen LogP contribution in [0.15, 0.2) is 22.7 Å². The van der Waals surface area contributed by atoms with Crippen molar-refractivity contribution >= 4 is 43.5 Å². The molecule has 0 fully saturated rings. The van der Waals surface area contributed by atoms with Gasteiger partial charge in [0.1, 0.15) is 10.8 Å².